The SMILES string of the molecule is CCC(NC(=O)c1nc(CC2CCN(c3ncc(Br)cn3)CC2)nc(C)c1OCc1ccccc1)C(=O)O. The molecule has 1 atom stereocenters. The lowest BCUT2D eigenvalue weighted by molar-refractivity contribution is -0.139. The number of piperidine rings is 1. The lowest BCUT2D eigenvalue weighted by Crippen LogP contribution is -2.41. The molecule has 2 N–H and O–H groups in total. The van der Waals surface area contributed by atoms with Crippen molar-refractivity contribution in [3.8, 4) is 5.75 Å². The number of aryl methyl sites for hydroxylation is 1. The van der Waals surface area contributed by atoms with E-state index in [1.165, 1.54) is 0 Å². The van der Waals surface area contributed by atoms with Crippen LogP contribution in [0.2, 0.25) is 0 Å². The number of carbonyl (C=O) groups excluding carboxylic acids is 1. The third kappa shape index (κ3) is 7.03. The molecule has 0 bridgehead atoms. The van der Waals surface area contributed by atoms with Gasteiger partial charge in [-0.15, -0.1) is 0 Å². The summed E-state index contributed by atoms with van der Waals surface area (Å²) in [5.74, 6) is 0.160. The summed E-state index contributed by atoms with van der Waals surface area (Å²) >= 11 is 3.36. The summed E-state index contributed by atoms with van der Waals surface area (Å²) in [5, 5.41) is 12.0. The Hall–Kier alpha value is -3.60. The van der Waals surface area contributed by atoms with Gasteiger partial charge in [-0.05, 0) is 53.6 Å². The number of hydrogen-bond donors (Lipinski definition) is 2. The minimum absolute atomic E-state index is 0.0591. The van der Waals surface area contributed by atoms with Crippen molar-refractivity contribution in [2.75, 3.05) is 18.0 Å². The van der Waals surface area contributed by atoms with Gasteiger partial charge in [0.25, 0.3) is 5.91 Å². The topological polar surface area (TPSA) is 130 Å². The summed E-state index contributed by atoms with van der Waals surface area (Å²) in [4.78, 5) is 44.9. The maximum absolute atomic E-state index is 13.2. The van der Waals surface area contributed by atoms with Gasteiger partial charge in [0, 0.05) is 31.9 Å². The second kappa shape index (κ2) is 12.8. The first-order valence-corrected chi connectivity index (χ1v) is 13.4. The number of carbonyl (C=O) groups is 2. The predicted molar refractivity (Wildman–Crippen MR) is 145 cm³/mol. The van der Waals surface area contributed by atoms with Gasteiger partial charge in [-0.3, -0.25) is 4.79 Å². The van der Waals surface area contributed by atoms with E-state index in [1.807, 2.05) is 30.3 Å². The van der Waals surface area contributed by atoms with Gasteiger partial charge in [-0.2, -0.15) is 0 Å². The van der Waals surface area contributed by atoms with Gasteiger partial charge < -0.3 is 20.1 Å². The molecular formula is C27H31BrN6O4. The molecule has 0 aliphatic carbocycles. The summed E-state index contributed by atoms with van der Waals surface area (Å²) in [6, 6.07) is 8.56. The van der Waals surface area contributed by atoms with Crippen LogP contribution in [0.5, 0.6) is 5.75 Å². The van der Waals surface area contributed by atoms with E-state index in [0.717, 1.165) is 36.0 Å². The highest BCUT2D eigenvalue weighted by atomic mass is 79.9. The molecule has 11 heteroatoms. The Morgan fingerprint density at radius 1 is 1.16 bits per heavy atom. The number of amides is 1. The second-order valence-electron chi connectivity index (χ2n) is 9.29. The average Bonchev–Trinajstić information content (AvgIpc) is 2.92. The molecule has 1 saturated heterocycles. The van der Waals surface area contributed by atoms with Crippen LogP contribution in [0.4, 0.5) is 5.95 Å². The summed E-state index contributed by atoms with van der Waals surface area (Å²) in [6.07, 6.45) is 6.15. The van der Waals surface area contributed by atoms with Crippen molar-refractivity contribution in [2.24, 2.45) is 5.92 Å². The number of anilines is 1. The number of ether oxygens (including phenoxy) is 1. The number of carboxylic acids is 1. The van der Waals surface area contributed by atoms with Gasteiger partial charge in [-0.25, -0.2) is 24.7 Å². The Morgan fingerprint density at radius 3 is 2.47 bits per heavy atom. The van der Waals surface area contributed by atoms with Crippen molar-refractivity contribution in [2.45, 2.75) is 52.2 Å². The van der Waals surface area contributed by atoms with E-state index in [4.69, 9.17) is 4.74 Å². The van der Waals surface area contributed by atoms with Crippen LogP contribution in [-0.2, 0) is 17.8 Å². The molecule has 2 aromatic heterocycles. The summed E-state index contributed by atoms with van der Waals surface area (Å²) in [7, 11) is 0. The third-order valence-corrected chi connectivity index (χ3v) is 6.92. The molecule has 200 valence electrons. The molecule has 3 heterocycles. The van der Waals surface area contributed by atoms with Gasteiger partial charge in [0.05, 0.1) is 10.2 Å². The molecule has 3 aromatic rings. The number of rotatable bonds is 10. The highest BCUT2D eigenvalue weighted by Crippen LogP contribution is 2.27. The zero-order chi connectivity index (χ0) is 27.1. The van der Waals surface area contributed by atoms with Crippen molar-refractivity contribution in [1.29, 1.82) is 0 Å². The summed E-state index contributed by atoms with van der Waals surface area (Å²) in [6.45, 7) is 5.34. The first-order chi connectivity index (χ1) is 18.3. The Morgan fingerprint density at radius 2 is 1.84 bits per heavy atom. The van der Waals surface area contributed by atoms with Crippen LogP contribution in [-0.4, -0.2) is 56.1 Å². The van der Waals surface area contributed by atoms with Crippen molar-refractivity contribution in [3.63, 3.8) is 0 Å². The van der Waals surface area contributed by atoms with Crippen molar-refractivity contribution in [3.05, 3.63) is 70.0 Å². The van der Waals surface area contributed by atoms with Crippen LogP contribution in [0, 0.1) is 12.8 Å². The largest absolute Gasteiger partial charge is 0.485 e. The van der Waals surface area contributed by atoms with E-state index in [-0.39, 0.29) is 24.5 Å². The van der Waals surface area contributed by atoms with E-state index in [2.05, 4.69) is 46.1 Å². The van der Waals surface area contributed by atoms with Gasteiger partial charge in [-0.1, -0.05) is 37.3 Å². The second-order valence-corrected chi connectivity index (χ2v) is 10.2. The fraction of sp³-hybridized carbons (Fsp3) is 0.407. The normalized spacial score (nSPS) is 14.7. The van der Waals surface area contributed by atoms with Gasteiger partial charge in [0.2, 0.25) is 5.95 Å². The van der Waals surface area contributed by atoms with E-state index in [1.54, 1.807) is 26.2 Å². The fourth-order valence-electron chi connectivity index (χ4n) is 4.40. The molecule has 1 amide bonds. The average molecular weight is 583 g/mol. The van der Waals surface area contributed by atoms with E-state index in [0.29, 0.717) is 29.8 Å². The van der Waals surface area contributed by atoms with Gasteiger partial charge in [0.1, 0.15) is 18.5 Å². The monoisotopic (exact) mass is 582 g/mol. The molecule has 38 heavy (non-hydrogen) atoms. The lowest BCUT2D eigenvalue weighted by Gasteiger charge is -2.31. The number of nitrogens with zero attached hydrogens (tertiary/aromatic N) is 5. The molecule has 0 saturated carbocycles. The molecule has 0 spiro atoms. The van der Waals surface area contributed by atoms with E-state index < -0.39 is 17.9 Å². The number of benzene rings is 1. The minimum atomic E-state index is -1.10. The van der Waals surface area contributed by atoms with Crippen LogP contribution >= 0.6 is 15.9 Å². The number of carboxylic acid groups (broad SMARTS) is 1. The molecule has 1 aliphatic rings. The number of hydrogen-bond acceptors (Lipinski definition) is 8. The Kier molecular flexibility index (Phi) is 9.22. The van der Waals surface area contributed by atoms with Crippen LogP contribution in [0.25, 0.3) is 0 Å². The van der Waals surface area contributed by atoms with Crippen molar-refractivity contribution in [1.82, 2.24) is 25.3 Å². The van der Waals surface area contributed by atoms with Gasteiger partial charge >= 0.3 is 5.97 Å². The molecule has 1 unspecified atom stereocenters. The van der Waals surface area contributed by atoms with Crippen molar-refractivity contribution < 1.29 is 19.4 Å². The molecule has 4 rings (SSSR count). The zero-order valence-corrected chi connectivity index (χ0v) is 23.0. The molecule has 1 fully saturated rings. The molecular weight excluding hydrogens is 552 g/mol. The standard InChI is InChI=1S/C27H31BrN6O4/c1-3-21(26(36)37)32-25(35)23-24(38-16-19-7-5-4-6-8-19)17(2)31-22(33-23)13-18-9-11-34(12-10-18)27-29-14-20(28)15-30-27/h4-8,14-15,18,21H,3,9-13,16H2,1-2H3,(H,32,35)(H,36,37). The minimum Gasteiger partial charge on any atom is -0.485 e. The number of halogens is 1. The summed E-state index contributed by atoms with van der Waals surface area (Å²) < 4.78 is 6.85. The lowest BCUT2D eigenvalue weighted by atomic mass is 9.93. The van der Waals surface area contributed by atoms with E-state index >= 15 is 0 Å². The predicted octanol–water partition coefficient (Wildman–Crippen LogP) is 3.97. The first-order valence-electron chi connectivity index (χ1n) is 12.6. The Bertz CT molecular complexity index is 1250. The quantitative estimate of drug-likeness (QED) is 0.364. The number of aliphatic carboxylic acids is 1. The maximum atomic E-state index is 13.2. The molecule has 1 aromatic carbocycles. The van der Waals surface area contributed by atoms with Gasteiger partial charge in [0.15, 0.2) is 11.4 Å². The fourth-order valence-corrected chi connectivity index (χ4v) is 4.60. The molecule has 0 radical (unpaired) electrons. The Labute approximate surface area is 230 Å². The summed E-state index contributed by atoms with van der Waals surface area (Å²) in [5.41, 5.74) is 1.53. The number of aromatic nitrogens is 4. The highest BCUT2D eigenvalue weighted by molar-refractivity contribution is 9.10. The Balaban J connectivity index is 1.50. The van der Waals surface area contributed by atoms with Crippen molar-refractivity contribution >= 4 is 33.8 Å². The molecule has 10 nitrogen and oxygen atoms in total. The van der Waals surface area contributed by atoms with Crippen LogP contribution in [0.3, 0.4) is 0 Å². The highest BCUT2D eigenvalue weighted by Gasteiger charge is 2.27. The van der Waals surface area contributed by atoms with Crippen LogP contribution in [0.15, 0.2) is 47.2 Å². The number of nitrogens with one attached hydrogen (secondary N) is 1. The maximum Gasteiger partial charge on any atom is 0.326 e. The van der Waals surface area contributed by atoms with Crippen LogP contribution in [0.1, 0.15) is 53.8 Å². The smallest absolute Gasteiger partial charge is 0.326 e. The van der Waals surface area contributed by atoms with Crippen LogP contribution < -0.4 is 15.0 Å². The molecule has 1 aliphatic heterocycles. The van der Waals surface area contributed by atoms with E-state index in [9.17, 15) is 14.7 Å². The third-order valence-electron chi connectivity index (χ3n) is 6.51. The zero-order valence-electron chi connectivity index (χ0n) is 21.4. The first kappa shape index (κ1) is 27.4.